The molecule has 0 aromatic heterocycles. The Balaban J connectivity index is 1.83. The predicted molar refractivity (Wildman–Crippen MR) is 94.2 cm³/mol. The molecule has 1 amide bonds. The Morgan fingerprint density at radius 2 is 1.96 bits per heavy atom. The number of aliphatic imine (C=N–C) groups is 1. The number of amidine groups is 1. The number of fused-ring (bicyclic) bond motifs is 1. The molecule has 0 radical (unpaired) electrons. The van der Waals surface area contributed by atoms with Crippen LogP contribution in [0.15, 0.2) is 52.4 Å². The first-order valence-electron chi connectivity index (χ1n) is 7.58. The molecule has 7 nitrogen and oxygen atoms in total. The van der Waals surface area contributed by atoms with Gasteiger partial charge in [0.05, 0.1) is 10.6 Å². The Bertz CT molecular complexity index is 983. The Kier molecular flexibility index (Phi) is 4.22. The SMILES string of the molecule is Cc1ccc(NC(=O)[C@@H](C)N=C2NS(=O)(=O)c3ccccc32)c(O)c1. The monoisotopic (exact) mass is 359 g/mol. The zero-order valence-corrected chi connectivity index (χ0v) is 14.5. The normalized spacial score (nSPS) is 17.6. The molecule has 8 heteroatoms. The lowest BCUT2D eigenvalue weighted by molar-refractivity contribution is -0.117. The molecule has 1 aliphatic rings. The van der Waals surface area contributed by atoms with Gasteiger partial charge in [-0.15, -0.1) is 0 Å². The molecule has 0 unspecified atom stereocenters. The molecule has 0 saturated carbocycles. The maximum absolute atomic E-state index is 12.3. The average Bonchev–Trinajstić information content (AvgIpc) is 2.81. The summed E-state index contributed by atoms with van der Waals surface area (Å²) < 4.78 is 26.5. The van der Waals surface area contributed by atoms with E-state index in [-0.39, 0.29) is 22.2 Å². The number of anilines is 1. The summed E-state index contributed by atoms with van der Waals surface area (Å²) in [5.74, 6) is -0.373. The van der Waals surface area contributed by atoms with Crippen LogP contribution in [0.4, 0.5) is 5.69 Å². The van der Waals surface area contributed by atoms with Crippen molar-refractivity contribution >= 4 is 27.5 Å². The number of benzene rings is 2. The van der Waals surface area contributed by atoms with Gasteiger partial charge in [-0.25, -0.2) is 8.42 Å². The van der Waals surface area contributed by atoms with Crippen molar-refractivity contribution in [2.24, 2.45) is 4.99 Å². The van der Waals surface area contributed by atoms with Crippen LogP contribution >= 0.6 is 0 Å². The van der Waals surface area contributed by atoms with Crippen LogP contribution in [0.1, 0.15) is 18.1 Å². The van der Waals surface area contributed by atoms with E-state index in [2.05, 4.69) is 15.0 Å². The van der Waals surface area contributed by atoms with Crippen molar-refractivity contribution in [2.75, 3.05) is 5.32 Å². The molecule has 0 aliphatic carbocycles. The first kappa shape index (κ1) is 17.0. The number of rotatable bonds is 3. The van der Waals surface area contributed by atoms with Gasteiger partial charge in [0.15, 0.2) is 0 Å². The van der Waals surface area contributed by atoms with Gasteiger partial charge >= 0.3 is 0 Å². The molecule has 25 heavy (non-hydrogen) atoms. The van der Waals surface area contributed by atoms with Crippen LogP contribution in [-0.4, -0.2) is 31.3 Å². The lowest BCUT2D eigenvalue weighted by atomic mass is 10.2. The quantitative estimate of drug-likeness (QED) is 0.726. The minimum Gasteiger partial charge on any atom is -0.506 e. The van der Waals surface area contributed by atoms with E-state index < -0.39 is 22.0 Å². The van der Waals surface area contributed by atoms with E-state index >= 15 is 0 Å². The number of carbonyl (C=O) groups excluding carboxylic acids is 1. The van der Waals surface area contributed by atoms with Crippen LogP contribution in [-0.2, 0) is 14.8 Å². The number of hydrogen-bond acceptors (Lipinski definition) is 5. The third-order valence-corrected chi connectivity index (χ3v) is 5.17. The Hall–Kier alpha value is -2.87. The number of hydrogen-bond donors (Lipinski definition) is 3. The minimum atomic E-state index is -3.65. The van der Waals surface area contributed by atoms with Crippen molar-refractivity contribution in [3.8, 4) is 5.75 Å². The highest BCUT2D eigenvalue weighted by molar-refractivity contribution is 7.90. The highest BCUT2D eigenvalue weighted by atomic mass is 32.2. The van der Waals surface area contributed by atoms with Gasteiger partial charge in [-0.2, -0.15) is 0 Å². The fraction of sp³-hybridized carbons (Fsp3) is 0.176. The van der Waals surface area contributed by atoms with Gasteiger partial charge in [-0.3, -0.25) is 14.5 Å². The van der Waals surface area contributed by atoms with Crippen LogP contribution in [0, 0.1) is 6.92 Å². The highest BCUT2D eigenvalue weighted by Crippen LogP contribution is 2.25. The van der Waals surface area contributed by atoms with Crippen molar-refractivity contribution in [2.45, 2.75) is 24.8 Å². The average molecular weight is 359 g/mol. The molecule has 2 aromatic rings. The Morgan fingerprint density at radius 1 is 1.24 bits per heavy atom. The summed E-state index contributed by atoms with van der Waals surface area (Å²) in [5, 5.41) is 12.4. The molecule has 0 saturated heterocycles. The van der Waals surface area contributed by atoms with Gasteiger partial charge in [0.2, 0.25) is 5.91 Å². The van der Waals surface area contributed by atoms with Crippen molar-refractivity contribution in [3.05, 3.63) is 53.6 Å². The van der Waals surface area contributed by atoms with E-state index in [9.17, 15) is 18.3 Å². The van der Waals surface area contributed by atoms with E-state index in [0.717, 1.165) is 5.56 Å². The van der Waals surface area contributed by atoms with E-state index in [1.165, 1.54) is 12.1 Å². The second-order valence-corrected chi connectivity index (χ2v) is 7.42. The van der Waals surface area contributed by atoms with Gasteiger partial charge in [0, 0.05) is 5.56 Å². The molecular weight excluding hydrogens is 342 g/mol. The lowest BCUT2D eigenvalue weighted by Crippen LogP contribution is -2.28. The van der Waals surface area contributed by atoms with Crippen LogP contribution in [0.3, 0.4) is 0 Å². The number of phenolic OH excluding ortho intramolecular Hbond substituents is 1. The molecule has 0 bridgehead atoms. The summed E-state index contributed by atoms with van der Waals surface area (Å²) in [6, 6.07) is 10.5. The maximum atomic E-state index is 12.3. The third-order valence-electron chi connectivity index (χ3n) is 3.78. The number of sulfonamides is 1. The first-order chi connectivity index (χ1) is 11.8. The fourth-order valence-corrected chi connectivity index (χ4v) is 3.71. The molecule has 2 aromatic carbocycles. The summed E-state index contributed by atoms with van der Waals surface area (Å²) in [7, 11) is -3.65. The second kappa shape index (κ2) is 6.21. The molecule has 3 rings (SSSR count). The van der Waals surface area contributed by atoms with Gasteiger partial charge in [-0.1, -0.05) is 18.2 Å². The standard InChI is InChI=1S/C17H17N3O4S/c1-10-7-8-13(14(21)9-10)19-17(22)11(2)18-16-12-5-3-4-6-15(12)25(23,24)20-16/h3-9,11,21H,1-2H3,(H,18,20)(H,19,22)/t11-/m1/s1. The van der Waals surface area contributed by atoms with Crippen molar-refractivity contribution in [1.29, 1.82) is 0 Å². The zero-order chi connectivity index (χ0) is 18.2. The lowest BCUT2D eigenvalue weighted by Gasteiger charge is -2.11. The first-order valence-corrected chi connectivity index (χ1v) is 9.07. The molecule has 1 aliphatic heterocycles. The van der Waals surface area contributed by atoms with Gasteiger partial charge < -0.3 is 10.4 Å². The molecule has 130 valence electrons. The number of nitrogens with one attached hydrogen (secondary N) is 2. The smallest absolute Gasteiger partial charge is 0.263 e. The van der Waals surface area contributed by atoms with E-state index in [0.29, 0.717) is 5.56 Å². The summed E-state index contributed by atoms with van der Waals surface area (Å²) >= 11 is 0. The van der Waals surface area contributed by atoms with E-state index in [4.69, 9.17) is 0 Å². The van der Waals surface area contributed by atoms with Gasteiger partial charge in [-0.05, 0) is 43.7 Å². The fourth-order valence-electron chi connectivity index (χ4n) is 2.47. The van der Waals surface area contributed by atoms with Crippen molar-refractivity contribution < 1.29 is 18.3 Å². The number of aromatic hydroxyl groups is 1. The number of aryl methyl sites for hydroxylation is 1. The third kappa shape index (κ3) is 3.34. The van der Waals surface area contributed by atoms with E-state index in [1.54, 1.807) is 37.3 Å². The summed E-state index contributed by atoms with van der Waals surface area (Å²) in [4.78, 5) is 16.6. The number of carbonyl (C=O) groups is 1. The molecule has 0 spiro atoms. The van der Waals surface area contributed by atoms with Crippen molar-refractivity contribution in [1.82, 2.24) is 4.72 Å². The topological polar surface area (TPSA) is 108 Å². The van der Waals surface area contributed by atoms with Crippen LogP contribution < -0.4 is 10.0 Å². The Labute approximate surface area is 145 Å². The Morgan fingerprint density at radius 3 is 2.68 bits per heavy atom. The van der Waals surface area contributed by atoms with E-state index in [1.807, 2.05) is 6.92 Å². The number of nitrogens with zero attached hydrogens (tertiary/aromatic N) is 1. The van der Waals surface area contributed by atoms with Crippen LogP contribution in [0.25, 0.3) is 0 Å². The number of phenols is 1. The summed E-state index contributed by atoms with van der Waals surface area (Å²) in [5.41, 5.74) is 1.57. The largest absolute Gasteiger partial charge is 0.506 e. The molecule has 3 N–H and O–H groups in total. The van der Waals surface area contributed by atoms with Gasteiger partial charge in [0.25, 0.3) is 10.0 Å². The zero-order valence-electron chi connectivity index (χ0n) is 13.6. The maximum Gasteiger partial charge on any atom is 0.263 e. The highest BCUT2D eigenvalue weighted by Gasteiger charge is 2.31. The second-order valence-electron chi connectivity index (χ2n) is 5.77. The predicted octanol–water partition coefficient (Wildman–Crippen LogP) is 1.77. The summed E-state index contributed by atoms with van der Waals surface area (Å²) in [6.45, 7) is 3.37. The molecule has 1 atom stereocenters. The molecular formula is C17H17N3O4S. The van der Waals surface area contributed by atoms with Crippen LogP contribution in [0.2, 0.25) is 0 Å². The van der Waals surface area contributed by atoms with Crippen molar-refractivity contribution in [3.63, 3.8) is 0 Å². The van der Waals surface area contributed by atoms with Crippen LogP contribution in [0.5, 0.6) is 5.75 Å². The summed E-state index contributed by atoms with van der Waals surface area (Å²) in [6.07, 6.45) is 0. The molecule has 0 fully saturated rings. The minimum absolute atomic E-state index is 0.0416. The number of amides is 1. The molecule has 1 heterocycles. The van der Waals surface area contributed by atoms with Gasteiger partial charge in [0.1, 0.15) is 17.6 Å².